The minimum atomic E-state index is -0.296. The Hall–Kier alpha value is -2.89. The number of nitrogens with one attached hydrogen (secondary N) is 3. The van der Waals surface area contributed by atoms with Gasteiger partial charge in [-0.25, -0.2) is 9.78 Å². The summed E-state index contributed by atoms with van der Waals surface area (Å²) in [6, 6.07) is 9.11. The standard InChI is InChI=1S/C18H20N4O2/c1-11-4-3-9-19-17(11)22-18(24)20-12(2)13-5-7-15-14(10-13)6-8-16(23)21-15/h3-5,7,9-10,12H,6,8H2,1-2H3,(H,21,23)(H2,19,20,22,24)/t12-/m0/s1. The van der Waals surface area contributed by atoms with Crippen molar-refractivity contribution in [2.24, 2.45) is 0 Å². The number of aryl methyl sites for hydroxylation is 2. The van der Waals surface area contributed by atoms with Crippen molar-refractivity contribution < 1.29 is 9.59 Å². The molecular weight excluding hydrogens is 304 g/mol. The molecule has 0 radical (unpaired) electrons. The lowest BCUT2D eigenvalue weighted by Gasteiger charge is -2.20. The zero-order chi connectivity index (χ0) is 17.1. The van der Waals surface area contributed by atoms with E-state index in [9.17, 15) is 9.59 Å². The SMILES string of the molecule is Cc1cccnc1NC(=O)N[C@@H](C)c1ccc2c(c1)CCC(=O)N2. The van der Waals surface area contributed by atoms with Crippen molar-refractivity contribution >= 4 is 23.4 Å². The lowest BCUT2D eigenvalue weighted by molar-refractivity contribution is -0.116. The molecule has 0 saturated carbocycles. The minimum absolute atomic E-state index is 0.0477. The molecule has 3 N–H and O–H groups in total. The van der Waals surface area contributed by atoms with E-state index in [1.807, 2.05) is 44.2 Å². The Bertz CT molecular complexity index is 788. The molecule has 6 heteroatoms. The number of anilines is 2. The summed E-state index contributed by atoms with van der Waals surface area (Å²) in [5, 5.41) is 8.53. The molecular formula is C18H20N4O2. The second-order valence-corrected chi connectivity index (χ2v) is 5.95. The number of amides is 3. The maximum Gasteiger partial charge on any atom is 0.320 e. The first-order chi connectivity index (χ1) is 11.5. The maximum absolute atomic E-state index is 12.2. The van der Waals surface area contributed by atoms with Gasteiger partial charge in [0, 0.05) is 18.3 Å². The molecule has 1 aliphatic rings. The predicted octanol–water partition coefficient (Wildman–Crippen LogP) is 3.16. The second kappa shape index (κ2) is 6.70. The number of nitrogens with zero attached hydrogens (tertiary/aromatic N) is 1. The molecule has 3 amide bonds. The van der Waals surface area contributed by atoms with Gasteiger partial charge in [0.25, 0.3) is 0 Å². The Morgan fingerprint density at radius 2 is 2.12 bits per heavy atom. The number of pyridine rings is 1. The molecule has 0 unspecified atom stereocenters. The van der Waals surface area contributed by atoms with E-state index in [4.69, 9.17) is 0 Å². The molecule has 3 rings (SSSR count). The Labute approximate surface area is 140 Å². The van der Waals surface area contributed by atoms with Crippen molar-refractivity contribution in [1.29, 1.82) is 0 Å². The van der Waals surface area contributed by atoms with Gasteiger partial charge in [0.15, 0.2) is 0 Å². The van der Waals surface area contributed by atoms with Gasteiger partial charge in [-0.05, 0) is 49.1 Å². The van der Waals surface area contributed by atoms with Gasteiger partial charge in [-0.15, -0.1) is 0 Å². The van der Waals surface area contributed by atoms with Crippen molar-refractivity contribution in [1.82, 2.24) is 10.3 Å². The van der Waals surface area contributed by atoms with Crippen LogP contribution in [0.5, 0.6) is 0 Å². The summed E-state index contributed by atoms with van der Waals surface area (Å²) >= 11 is 0. The first kappa shape index (κ1) is 16.0. The van der Waals surface area contributed by atoms with Gasteiger partial charge < -0.3 is 10.6 Å². The number of carbonyl (C=O) groups is 2. The average molecular weight is 324 g/mol. The van der Waals surface area contributed by atoms with Crippen LogP contribution in [0, 0.1) is 6.92 Å². The Morgan fingerprint density at radius 3 is 2.92 bits per heavy atom. The number of fused-ring (bicyclic) bond motifs is 1. The van der Waals surface area contributed by atoms with Crippen LogP contribution in [0.4, 0.5) is 16.3 Å². The number of carbonyl (C=O) groups excluding carboxylic acids is 2. The molecule has 1 aliphatic heterocycles. The molecule has 1 aromatic carbocycles. The molecule has 2 aromatic rings. The van der Waals surface area contributed by atoms with Crippen LogP contribution in [0.2, 0.25) is 0 Å². The number of hydrogen-bond acceptors (Lipinski definition) is 3. The van der Waals surface area contributed by atoms with E-state index >= 15 is 0 Å². The summed E-state index contributed by atoms with van der Waals surface area (Å²) in [5.74, 6) is 0.599. The zero-order valence-corrected chi connectivity index (χ0v) is 13.7. The van der Waals surface area contributed by atoms with Gasteiger partial charge in [0.2, 0.25) is 5.91 Å². The first-order valence-electron chi connectivity index (χ1n) is 7.95. The van der Waals surface area contributed by atoms with Gasteiger partial charge in [-0.2, -0.15) is 0 Å². The van der Waals surface area contributed by atoms with E-state index in [-0.39, 0.29) is 18.0 Å². The van der Waals surface area contributed by atoms with Crippen LogP contribution in [0.1, 0.15) is 36.1 Å². The highest BCUT2D eigenvalue weighted by molar-refractivity contribution is 5.94. The molecule has 124 valence electrons. The summed E-state index contributed by atoms with van der Waals surface area (Å²) in [7, 11) is 0. The fourth-order valence-corrected chi connectivity index (χ4v) is 2.71. The molecule has 2 heterocycles. The van der Waals surface area contributed by atoms with Crippen molar-refractivity contribution in [3.05, 3.63) is 53.2 Å². The zero-order valence-electron chi connectivity index (χ0n) is 13.7. The Balaban J connectivity index is 1.66. The van der Waals surface area contributed by atoms with Gasteiger partial charge in [-0.3, -0.25) is 10.1 Å². The predicted molar refractivity (Wildman–Crippen MR) is 92.9 cm³/mol. The fourth-order valence-electron chi connectivity index (χ4n) is 2.71. The van der Waals surface area contributed by atoms with E-state index < -0.39 is 0 Å². The summed E-state index contributed by atoms with van der Waals surface area (Å²) in [4.78, 5) is 27.7. The molecule has 0 bridgehead atoms. The third-order valence-corrected chi connectivity index (χ3v) is 4.11. The molecule has 24 heavy (non-hydrogen) atoms. The summed E-state index contributed by atoms with van der Waals surface area (Å²) in [6.07, 6.45) is 2.86. The molecule has 1 atom stereocenters. The largest absolute Gasteiger partial charge is 0.331 e. The number of benzene rings is 1. The third kappa shape index (κ3) is 3.53. The van der Waals surface area contributed by atoms with E-state index in [1.54, 1.807) is 6.20 Å². The third-order valence-electron chi connectivity index (χ3n) is 4.11. The van der Waals surface area contributed by atoms with Crippen LogP contribution in [-0.2, 0) is 11.2 Å². The van der Waals surface area contributed by atoms with Crippen LogP contribution in [-0.4, -0.2) is 16.9 Å². The van der Waals surface area contributed by atoms with Crippen molar-refractivity contribution in [2.75, 3.05) is 10.6 Å². The number of urea groups is 1. The van der Waals surface area contributed by atoms with Crippen molar-refractivity contribution in [3.63, 3.8) is 0 Å². The van der Waals surface area contributed by atoms with Crippen LogP contribution >= 0.6 is 0 Å². The summed E-state index contributed by atoms with van der Waals surface area (Å²) in [5.41, 5.74) is 3.86. The number of hydrogen-bond donors (Lipinski definition) is 3. The summed E-state index contributed by atoms with van der Waals surface area (Å²) < 4.78 is 0. The second-order valence-electron chi connectivity index (χ2n) is 5.95. The van der Waals surface area contributed by atoms with Crippen LogP contribution in [0.15, 0.2) is 36.5 Å². The Morgan fingerprint density at radius 1 is 1.29 bits per heavy atom. The van der Waals surface area contributed by atoms with Gasteiger partial charge in [0.1, 0.15) is 5.82 Å². The Kier molecular flexibility index (Phi) is 4.46. The smallest absolute Gasteiger partial charge is 0.320 e. The molecule has 0 spiro atoms. The first-order valence-corrected chi connectivity index (χ1v) is 7.95. The highest BCUT2D eigenvalue weighted by Crippen LogP contribution is 2.26. The number of rotatable bonds is 3. The lowest BCUT2D eigenvalue weighted by Crippen LogP contribution is -2.31. The quantitative estimate of drug-likeness (QED) is 0.811. The maximum atomic E-state index is 12.2. The summed E-state index contributed by atoms with van der Waals surface area (Å²) in [6.45, 7) is 3.82. The van der Waals surface area contributed by atoms with E-state index in [0.717, 1.165) is 28.8 Å². The monoisotopic (exact) mass is 324 g/mol. The molecule has 0 saturated heterocycles. The highest BCUT2D eigenvalue weighted by atomic mass is 16.2. The van der Waals surface area contributed by atoms with Gasteiger partial charge in [0.05, 0.1) is 6.04 Å². The minimum Gasteiger partial charge on any atom is -0.331 e. The van der Waals surface area contributed by atoms with Crippen LogP contribution in [0.3, 0.4) is 0 Å². The van der Waals surface area contributed by atoms with Crippen molar-refractivity contribution in [3.8, 4) is 0 Å². The van der Waals surface area contributed by atoms with E-state index in [1.165, 1.54) is 0 Å². The molecule has 6 nitrogen and oxygen atoms in total. The average Bonchev–Trinajstić information content (AvgIpc) is 2.56. The van der Waals surface area contributed by atoms with E-state index in [2.05, 4.69) is 20.9 Å². The molecule has 0 aliphatic carbocycles. The van der Waals surface area contributed by atoms with Crippen LogP contribution < -0.4 is 16.0 Å². The van der Waals surface area contributed by atoms with Crippen LogP contribution in [0.25, 0.3) is 0 Å². The molecule has 0 fully saturated rings. The highest BCUT2D eigenvalue weighted by Gasteiger charge is 2.17. The van der Waals surface area contributed by atoms with Gasteiger partial charge >= 0.3 is 6.03 Å². The van der Waals surface area contributed by atoms with E-state index in [0.29, 0.717) is 12.2 Å². The van der Waals surface area contributed by atoms with Gasteiger partial charge in [-0.1, -0.05) is 18.2 Å². The lowest BCUT2D eigenvalue weighted by atomic mass is 9.98. The topological polar surface area (TPSA) is 83.1 Å². The van der Waals surface area contributed by atoms with Crippen molar-refractivity contribution in [2.45, 2.75) is 32.7 Å². The normalized spacial score (nSPS) is 14.3. The fraction of sp³-hybridized carbons (Fsp3) is 0.278. The molecule has 1 aromatic heterocycles. The number of aromatic nitrogens is 1.